The molecule has 46 heavy (non-hydrogen) atoms. The molecule has 0 saturated carbocycles. The maximum atomic E-state index is 6.25. The van der Waals surface area contributed by atoms with Crippen LogP contribution in [0.5, 0.6) is 0 Å². The summed E-state index contributed by atoms with van der Waals surface area (Å²) in [5.41, 5.74) is 11.3. The Balaban J connectivity index is 1.28. The van der Waals surface area contributed by atoms with E-state index in [0.717, 1.165) is 10.6 Å². The topological polar surface area (TPSA) is 4.93 Å². The summed E-state index contributed by atoms with van der Waals surface area (Å²) in [5, 5.41) is 5.77. The zero-order valence-corrected chi connectivity index (χ0v) is 27.0. The number of aromatic nitrogens is 1. The fourth-order valence-corrected chi connectivity index (χ4v) is 8.62. The van der Waals surface area contributed by atoms with Crippen LogP contribution in [-0.2, 0) is 10.8 Å². The van der Waals surface area contributed by atoms with Crippen molar-refractivity contribution in [2.24, 2.45) is 5.92 Å². The summed E-state index contributed by atoms with van der Waals surface area (Å²) in [6.07, 6.45) is 9.25. The second-order valence-electron chi connectivity index (χ2n) is 13.8. The van der Waals surface area contributed by atoms with Crippen LogP contribution < -0.4 is 0 Å². The molecule has 7 aromatic rings. The molecule has 6 aromatic carbocycles. The molecule has 0 N–H and O–H groups in total. The monoisotopic (exact) mass is 611 g/mol. The van der Waals surface area contributed by atoms with Gasteiger partial charge in [-0.2, -0.15) is 0 Å². The normalized spacial score (nSPS) is 19.6. The van der Waals surface area contributed by atoms with Gasteiger partial charge in [0.25, 0.3) is 0 Å². The van der Waals surface area contributed by atoms with Crippen molar-refractivity contribution < 1.29 is 0 Å². The van der Waals surface area contributed by atoms with Crippen LogP contribution in [0.1, 0.15) is 31.9 Å². The Morgan fingerprint density at radius 2 is 1.20 bits per heavy atom. The number of hydrogen-bond acceptors (Lipinski definition) is 0. The van der Waals surface area contributed by atoms with E-state index in [1.54, 1.807) is 0 Å². The van der Waals surface area contributed by atoms with Gasteiger partial charge in [0, 0.05) is 26.9 Å². The van der Waals surface area contributed by atoms with E-state index in [-0.39, 0.29) is 10.8 Å². The van der Waals surface area contributed by atoms with Gasteiger partial charge in [0.15, 0.2) is 0 Å². The summed E-state index contributed by atoms with van der Waals surface area (Å²) >= 11 is 6.25. The van der Waals surface area contributed by atoms with Crippen molar-refractivity contribution in [3.05, 3.63) is 162 Å². The van der Waals surface area contributed by atoms with Crippen molar-refractivity contribution in [3.8, 4) is 27.9 Å². The van der Waals surface area contributed by atoms with E-state index in [1.165, 1.54) is 66.1 Å². The summed E-state index contributed by atoms with van der Waals surface area (Å²) in [5.74, 6) is 0.430. The molecule has 0 fully saturated rings. The number of fused-ring (bicyclic) bond motifs is 7. The van der Waals surface area contributed by atoms with Crippen molar-refractivity contribution in [2.45, 2.75) is 31.6 Å². The Morgan fingerprint density at radius 3 is 1.93 bits per heavy atom. The van der Waals surface area contributed by atoms with Gasteiger partial charge in [0.1, 0.15) is 0 Å². The highest BCUT2D eigenvalue weighted by molar-refractivity contribution is 6.30. The highest BCUT2D eigenvalue weighted by Crippen LogP contribution is 2.56. The predicted molar refractivity (Wildman–Crippen MR) is 196 cm³/mol. The van der Waals surface area contributed by atoms with Crippen LogP contribution in [0.2, 0.25) is 5.02 Å². The minimum Gasteiger partial charge on any atom is -0.309 e. The molecule has 2 unspecified atom stereocenters. The van der Waals surface area contributed by atoms with E-state index in [4.69, 9.17) is 11.6 Å². The van der Waals surface area contributed by atoms with Crippen molar-refractivity contribution in [1.29, 1.82) is 0 Å². The molecule has 0 radical (unpaired) electrons. The second-order valence-corrected chi connectivity index (χ2v) is 14.3. The summed E-state index contributed by atoms with van der Waals surface area (Å²) in [6, 6.07) is 44.6. The minimum absolute atomic E-state index is 0.00910. The van der Waals surface area contributed by atoms with Crippen LogP contribution in [-0.4, -0.2) is 4.57 Å². The van der Waals surface area contributed by atoms with E-state index < -0.39 is 0 Å². The van der Waals surface area contributed by atoms with Gasteiger partial charge in [-0.25, -0.2) is 0 Å². The van der Waals surface area contributed by atoms with Crippen LogP contribution in [0.15, 0.2) is 146 Å². The number of benzene rings is 6. The number of allylic oxidation sites excluding steroid dienone is 4. The predicted octanol–water partition coefficient (Wildman–Crippen LogP) is 12.2. The average Bonchev–Trinajstić information content (AvgIpc) is 3.49. The molecule has 9 rings (SSSR count). The molecule has 2 aliphatic rings. The third-order valence-corrected chi connectivity index (χ3v) is 11.1. The molecule has 2 heteroatoms. The first-order valence-corrected chi connectivity index (χ1v) is 16.5. The summed E-state index contributed by atoms with van der Waals surface area (Å²) in [7, 11) is 0. The van der Waals surface area contributed by atoms with Crippen molar-refractivity contribution in [3.63, 3.8) is 0 Å². The van der Waals surface area contributed by atoms with Crippen LogP contribution >= 0.6 is 11.6 Å². The molecule has 0 bridgehead atoms. The molecular weight excluding hydrogens is 578 g/mol. The van der Waals surface area contributed by atoms with E-state index in [9.17, 15) is 0 Å². The molecule has 2 aliphatic carbocycles. The van der Waals surface area contributed by atoms with Crippen LogP contribution in [0.25, 0.3) is 60.5 Å². The lowest BCUT2D eigenvalue weighted by atomic mass is 9.67. The summed E-state index contributed by atoms with van der Waals surface area (Å²) in [6.45, 7) is 7.22. The first-order chi connectivity index (χ1) is 22.3. The standard InChI is InChI=1S/C44H34ClN/c1-43(2)39-27-35(19-20-38(39)44(3)23-7-6-10-42(43)44)46-40-21-15-32(29-13-17-34(45)18-14-29)25-36(40)37-26-33(16-22-41(37)46)31-12-11-28-8-4-5-9-30(28)24-31/h4-27,42H,1-3H3. The van der Waals surface area contributed by atoms with Gasteiger partial charge in [-0.1, -0.05) is 123 Å². The van der Waals surface area contributed by atoms with Gasteiger partial charge in [-0.3, -0.25) is 0 Å². The lowest BCUT2D eigenvalue weighted by molar-refractivity contribution is 0.324. The Labute approximate surface area is 275 Å². The van der Waals surface area contributed by atoms with Crippen LogP contribution in [0, 0.1) is 5.92 Å². The zero-order valence-electron chi connectivity index (χ0n) is 26.3. The molecule has 1 nitrogen and oxygen atoms in total. The Kier molecular flexibility index (Phi) is 5.86. The maximum Gasteiger partial charge on any atom is 0.0541 e. The van der Waals surface area contributed by atoms with Crippen LogP contribution in [0.3, 0.4) is 0 Å². The third kappa shape index (κ3) is 3.95. The van der Waals surface area contributed by atoms with E-state index in [2.05, 4.69) is 159 Å². The quantitative estimate of drug-likeness (QED) is 0.187. The lowest BCUT2D eigenvalue weighted by Crippen LogP contribution is -2.33. The number of rotatable bonds is 3. The van der Waals surface area contributed by atoms with Gasteiger partial charge in [-0.05, 0) is 110 Å². The first-order valence-electron chi connectivity index (χ1n) is 16.2. The highest BCUT2D eigenvalue weighted by Gasteiger charge is 2.51. The Hall–Kier alpha value is -4.85. The van der Waals surface area contributed by atoms with Crippen molar-refractivity contribution >= 4 is 44.2 Å². The Bertz CT molecular complexity index is 2420. The van der Waals surface area contributed by atoms with Crippen molar-refractivity contribution in [2.75, 3.05) is 0 Å². The van der Waals surface area contributed by atoms with E-state index in [0.29, 0.717) is 5.92 Å². The van der Waals surface area contributed by atoms with E-state index >= 15 is 0 Å². The summed E-state index contributed by atoms with van der Waals surface area (Å²) in [4.78, 5) is 0. The van der Waals surface area contributed by atoms with Crippen molar-refractivity contribution in [1.82, 2.24) is 4.57 Å². The number of halogens is 1. The van der Waals surface area contributed by atoms with E-state index in [1.807, 2.05) is 12.1 Å². The second kappa shape index (κ2) is 9.82. The van der Waals surface area contributed by atoms with Gasteiger partial charge >= 0.3 is 0 Å². The molecular formula is C44H34ClN. The third-order valence-electron chi connectivity index (χ3n) is 10.8. The summed E-state index contributed by atoms with van der Waals surface area (Å²) < 4.78 is 2.47. The van der Waals surface area contributed by atoms with Gasteiger partial charge < -0.3 is 4.57 Å². The molecule has 0 aliphatic heterocycles. The molecule has 1 heterocycles. The van der Waals surface area contributed by atoms with Crippen LogP contribution in [0.4, 0.5) is 0 Å². The maximum absolute atomic E-state index is 6.25. The SMILES string of the molecule is CC1(C)c2cc(-n3c4ccc(-c5ccc(Cl)cc5)cc4c4cc(-c5ccc6ccccc6c5)ccc43)ccc2C2(C)C=CC=CC12. The molecule has 222 valence electrons. The molecule has 0 spiro atoms. The molecule has 0 amide bonds. The fraction of sp³-hybridized carbons (Fsp3) is 0.136. The van der Waals surface area contributed by atoms with Gasteiger partial charge in [0.2, 0.25) is 0 Å². The minimum atomic E-state index is 0.00910. The van der Waals surface area contributed by atoms with Gasteiger partial charge in [0.05, 0.1) is 11.0 Å². The molecule has 1 aromatic heterocycles. The smallest absolute Gasteiger partial charge is 0.0541 e. The van der Waals surface area contributed by atoms with Gasteiger partial charge in [-0.15, -0.1) is 0 Å². The Morgan fingerprint density at radius 1 is 0.565 bits per heavy atom. The molecule has 0 saturated heterocycles. The zero-order chi connectivity index (χ0) is 31.2. The molecule has 2 atom stereocenters. The first kappa shape index (κ1) is 27.5. The fourth-order valence-electron chi connectivity index (χ4n) is 8.50. The largest absolute Gasteiger partial charge is 0.309 e. The average molecular weight is 612 g/mol. The number of nitrogens with zero attached hydrogens (tertiary/aromatic N) is 1. The highest BCUT2D eigenvalue weighted by atomic mass is 35.5. The lowest BCUT2D eigenvalue weighted by Gasteiger charge is -2.36. The number of hydrogen-bond donors (Lipinski definition) is 0.